The highest BCUT2D eigenvalue weighted by Gasteiger charge is 2.11. The van der Waals surface area contributed by atoms with Crippen LogP contribution in [-0.4, -0.2) is 39.0 Å². The van der Waals surface area contributed by atoms with Gasteiger partial charge in [0.15, 0.2) is 0 Å². The van der Waals surface area contributed by atoms with Gasteiger partial charge >= 0.3 is 0 Å². The molecule has 0 aliphatic carbocycles. The molecule has 2 heterocycles. The molecule has 5 heteroatoms. The molecular weight excluding hydrogens is 278 g/mol. The van der Waals surface area contributed by atoms with Gasteiger partial charge in [0.25, 0.3) is 0 Å². The lowest BCUT2D eigenvalue weighted by Gasteiger charge is -2.13. The van der Waals surface area contributed by atoms with E-state index in [1.807, 2.05) is 42.0 Å². The number of hydrogen-bond donors (Lipinski definition) is 1. The topological polar surface area (TPSA) is 60.2 Å². The third-order valence-electron chi connectivity index (χ3n) is 3.50. The van der Waals surface area contributed by atoms with Crippen LogP contribution >= 0.6 is 0 Å². The third kappa shape index (κ3) is 3.16. The molecule has 2 aromatic heterocycles. The summed E-state index contributed by atoms with van der Waals surface area (Å²) in [6.45, 7) is 3.31. The maximum Gasteiger partial charge on any atom is 0.139 e. The SMILES string of the molecule is CCOCC(O)Cn1ccnc1-c1ccc2ncccc2c1. The molecule has 22 heavy (non-hydrogen) atoms. The second kappa shape index (κ2) is 6.68. The van der Waals surface area contributed by atoms with Gasteiger partial charge in [-0.1, -0.05) is 6.07 Å². The molecule has 0 bridgehead atoms. The van der Waals surface area contributed by atoms with Crippen LogP contribution in [0.5, 0.6) is 0 Å². The van der Waals surface area contributed by atoms with E-state index < -0.39 is 6.10 Å². The van der Waals surface area contributed by atoms with Crippen LogP contribution in [0.25, 0.3) is 22.3 Å². The van der Waals surface area contributed by atoms with Gasteiger partial charge in [-0.25, -0.2) is 4.98 Å². The Bertz CT molecular complexity index is 754. The summed E-state index contributed by atoms with van der Waals surface area (Å²) in [5, 5.41) is 11.1. The largest absolute Gasteiger partial charge is 0.389 e. The van der Waals surface area contributed by atoms with Crippen molar-refractivity contribution in [3.63, 3.8) is 0 Å². The van der Waals surface area contributed by atoms with E-state index >= 15 is 0 Å². The van der Waals surface area contributed by atoms with Gasteiger partial charge in [-0.05, 0) is 31.2 Å². The molecule has 0 amide bonds. The Morgan fingerprint density at radius 3 is 3.00 bits per heavy atom. The van der Waals surface area contributed by atoms with Crippen molar-refractivity contribution in [3.05, 3.63) is 48.9 Å². The number of aromatic nitrogens is 3. The minimum atomic E-state index is -0.546. The lowest BCUT2D eigenvalue weighted by molar-refractivity contribution is 0.0337. The number of benzene rings is 1. The molecule has 0 aliphatic rings. The highest BCUT2D eigenvalue weighted by atomic mass is 16.5. The van der Waals surface area contributed by atoms with Gasteiger partial charge in [0.1, 0.15) is 5.82 Å². The number of imidazole rings is 1. The number of rotatable bonds is 6. The molecule has 5 nitrogen and oxygen atoms in total. The highest BCUT2D eigenvalue weighted by molar-refractivity contribution is 5.83. The second-order valence-corrected chi connectivity index (χ2v) is 5.13. The van der Waals surface area contributed by atoms with Crippen LogP contribution in [0.1, 0.15) is 6.92 Å². The van der Waals surface area contributed by atoms with E-state index in [0.717, 1.165) is 22.3 Å². The van der Waals surface area contributed by atoms with E-state index in [2.05, 4.69) is 16.0 Å². The summed E-state index contributed by atoms with van der Waals surface area (Å²) < 4.78 is 7.20. The van der Waals surface area contributed by atoms with Crippen molar-refractivity contribution >= 4 is 10.9 Å². The summed E-state index contributed by atoms with van der Waals surface area (Å²) in [6, 6.07) is 10.0. The smallest absolute Gasteiger partial charge is 0.139 e. The molecule has 1 atom stereocenters. The zero-order chi connectivity index (χ0) is 15.4. The Kier molecular flexibility index (Phi) is 4.46. The molecule has 0 saturated carbocycles. The predicted molar refractivity (Wildman–Crippen MR) is 85.5 cm³/mol. The Balaban J connectivity index is 1.86. The van der Waals surface area contributed by atoms with Gasteiger partial charge in [0, 0.05) is 36.1 Å². The minimum absolute atomic E-state index is 0.329. The molecule has 3 rings (SSSR count). The van der Waals surface area contributed by atoms with Crippen LogP contribution in [0, 0.1) is 0 Å². The van der Waals surface area contributed by atoms with Crippen molar-refractivity contribution in [1.82, 2.24) is 14.5 Å². The molecule has 0 radical (unpaired) electrons. The molecule has 1 N–H and O–H groups in total. The number of nitrogens with zero attached hydrogens (tertiary/aromatic N) is 3. The van der Waals surface area contributed by atoms with E-state index in [1.54, 1.807) is 12.4 Å². The Morgan fingerprint density at radius 2 is 2.14 bits per heavy atom. The van der Waals surface area contributed by atoms with E-state index in [1.165, 1.54) is 0 Å². The molecule has 1 unspecified atom stereocenters. The van der Waals surface area contributed by atoms with Gasteiger partial charge in [-0.2, -0.15) is 0 Å². The first kappa shape index (κ1) is 14.7. The van der Waals surface area contributed by atoms with Gasteiger partial charge in [-0.15, -0.1) is 0 Å². The normalized spacial score (nSPS) is 12.6. The summed E-state index contributed by atoms with van der Waals surface area (Å²) in [4.78, 5) is 8.74. The maximum atomic E-state index is 10.0. The summed E-state index contributed by atoms with van der Waals surface area (Å²) in [5.41, 5.74) is 1.97. The average Bonchev–Trinajstić information content (AvgIpc) is 3.00. The third-order valence-corrected chi connectivity index (χ3v) is 3.50. The van der Waals surface area contributed by atoms with Crippen molar-refractivity contribution in [2.45, 2.75) is 19.6 Å². The summed E-state index contributed by atoms with van der Waals surface area (Å²) in [5.74, 6) is 0.835. The Labute approximate surface area is 129 Å². The molecule has 0 spiro atoms. The first-order chi connectivity index (χ1) is 10.8. The standard InChI is InChI=1S/C17H19N3O2/c1-2-22-12-15(21)11-20-9-8-19-17(20)14-5-6-16-13(10-14)4-3-7-18-16/h3-10,15,21H,2,11-12H2,1H3. The van der Waals surface area contributed by atoms with E-state index in [4.69, 9.17) is 4.74 Å². The molecule has 1 aromatic carbocycles. The van der Waals surface area contributed by atoms with Gasteiger partial charge < -0.3 is 14.4 Å². The van der Waals surface area contributed by atoms with Crippen molar-refractivity contribution in [2.75, 3.05) is 13.2 Å². The van der Waals surface area contributed by atoms with Gasteiger partial charge in [-0.3, -0.25) is 4.98 Å². The van der Waals surface area contributed by atoms with Crippen LogP contribution in [-0.2, 0) is 11.3 Å². The van der Waals surface area contributed by atoms with Gasteiger partial charge in [0.05, 0.1) is 24.8 Å². The Hall–Kier alpha value is -2.24. The fraction of sp³-hybridized carbons (Fsp3) is 0.294. The van der Waals surface area contributed by atoms with Crippen LogP contribution < -0.4 is 0 Å². The van der Waals surface area contributed by atoms with Gasteiger partial charge in [0.2, 0.25) is 0 Å². The van der Waals surface area contributed by atoms with E-state index in [-0.39, 0.29) is 0 Å². The second-order valence-electron chi connectivity index (χ2n) is 5.13. The Morgan fingerprint density at radius 1 is 1.23 bits per heavy atom. The minimum Gasteiger partial charge on any atom is -0.389 e. The van der Waals surface area contributed by atoms with Crippen molar-refractivity contribution in [3.8, 4) is 11.4 Å². The van der Waals surface area contributed by atoms with Crippen LogP contribution in [0.2, 0.25) is 0 Å². The fourth-order valence-corrected chi connectivity index (χ4v) is 2.47. The lowest BCUT2D eigenvalue weighted by atomic mass is 10.1. The molecule has 3 aromatic rings. The van der Waals surface area contributed by atoms with Crippen LogP contribution in [0.15, 0.2) is 48.9 Å². The zero-order valence-electron chi connectivity index (χ0n) is 12.5. The number of hydrogen-bond acceptors (Lipinski definition) is 4. The fourth-order valence-electron chi connectivity index (χ4n) is 2.47. The first-order valence-corrected chi connectivity index (χ1v) is 7.40. The number of fused-ring (bicyclic) bond motifs is 1. The van der Waals surface area contributed by atoms with Crippen molar-refractivity contribution in [1.29, 1.82) is 0 Å². The predicted octanol–water partition coefficient (Wildman–Crippen LogP) is 2.50. The maximum absolute atomic E-state index is 10.0. The summed E-state index contributed by atoms with van der Waals surface area (Å²) in [7, 11) is 0. The van der Waals surface area contributed by atoms with Crippen LogP contribution in [0.4, 0.5) is 0 Å². The van der Waals surface area contributed by atoms with Crippen molar-refractivity contribution in [2.24, 2.45) is 0 Å². The van der Waals surface area contributed by atoms with Crippen LogP contribution in [0.3, 0.4) is 0 Å². The molecule has 0 fully saturated rings. The quantitative estimate of drug-likeness (QED) is 0.759. The number of pyridine rings is 1. The number of aliphatic hydroxyl groups is 1. The van der Waals surface area contributed by atoms with E-state index in [0.29, 0.717) is 19.8 Å². The lowest BCUT2D eigenvalue weighted by Crippen LogP contribution is -2.22. The number of ether oxygens (including phenoxy) is 1. The average molecular weight is 297 g/mol. The summed E-state index contributed by atoms with van der Waals surface area (Å²) in [6.07, 6.45) is 4.86. The highest BCUT2D eigenvalue weighted by Crippen LogP contribution is 2.22. The van der Waals surface area contributed by atoms with E-state index in [9.17, 15) is 5.11 Å². The summed E-state index contributed by atoms with van der Waals surface area (Å²) >= 11 is 0. The zero-order valence-corrected chi connectivity index (χ0v) is 12.5. The molecule has 0 saturated heterocycles. The molecular formula is C17H19N3O2. The number of aliphatic hydroxyl groups excluding tert-OH is 1. The molecule has 114 valence electrons. The monoisotopic (exact) mass is 297 g/mol. The molecule has 0 aliphatic heterocycles. The first-order valence-electron chi connectivity index (χ1n) is 7.40. The van der Waals surface area contributed by atoms with Crippen molar-refractivity contribution < 1.29 is 9.84 Å².